The molecule has 1 amide bonds. The summed E-state index contributed by atoms with van der Waals surface area (Å²) in [7, 11) is -0.621. The Kier molecular flexibility index (Phi) is 4.07. The number of carbonyl (C=O) groups excluding carboxylic acids is 1. The van der Waals surface area contributed by atoms with Crippen LogP contribution in [0.1, 0.15) is 37.0 Å². The molecule has 117 valence electrons. The summed E-state index contributed by atoms with van der Waals surface area (Å²) < 4.78 is 0. The number of benzene rings is 1. The van der Waals surface area contributed by atoms with Gasteiger partial charge in [-0.15, -0.1) is 0 Å². The van der Waals surface area contributed by atoms with E-state index in [2.05, 4.69) is 44.3 Å². The van der Waals surface area contributed by atoms with E-state index in [4.69, 9.17) is 5.73 Å². The number of carbonyl (C=O) groups is 1. The molecule has 2 aliphatic rings. The van der Waals surface area contributed by atoms with Crippen LogP contribution in [-0.4, -0.2) is 19.5 Å². The lowest BCUT2D eigenvalue weighted by molar-refractivity contribution is -0.114. The fourth-order valence-electron chi connectivity index (χ4n) is 3.66. The molecule has 1 aromatic rings. The Morgan fingerprint density at radius 1 is 1.22 bits per heavy atom. The van der Waals surface area contributed by atoms with E-state index < -0.39 is 14.3 Å². The number of hydrogen-bond donors (Lipinski definition) is 0. The molecule has 2 aliphatic carbocycles. The summed E-state index contributed by atoms with van der Waals surface area (Å²) in [6.07, 6.45) is 6.05. The van der Waals surface area contributed by atoms with E-state index in [1.165, 1.54) is 33.0 Å². The van der Waals surface area contributed by atoms with Gasteiger partial charge in [0.25, 0.3) is 5.91 Å². The van der Waals surface area contributed by atoms with E-state index in [0.29, 0.717) is 5.57 Å². The van der Waals surface area contributed by atoms with Gasteiger partial charge in [0.1, 0.15) is 0 Å². The van der Waals surface area contributed by atoms with Crippen LogP contribution in [0.25, 0.3) is 11.6 Å². The van der Waals surface area contributed by atoms with Gasteiger partial charge in [0.2, 0.25) is 0 Å². The molecular formula is C20H22NOSi. The zero-order chi connectivity index (χ0) is 16.7. The molecule has 0 unspecified atom stereocenters. The molecule has 0 fully saturated rings. The lowest BCUT2D eigenvalue weighted by Crippen LogP contribution is -2.20. The Hall–Kier alpha value is -2.00. The van der Waals surface area contributed by atoms with Gasteiger partial charge in [-0.3, -0.25) is 10.5 Å². The van der Waals surface area contributed by atoms with Crippen molar-refractivity contribution in [3.05, 3.63) is 57.7 Å². The maximum absolute atomic E-state index is 11.7. The highest BCUT2D eigenvalue weighted by atomic mass is 28.2. The second-order valence-electron chi connectivity index (χ2n) is 6.68. The molecule has 3 heteroatoms. The van der Waals surface area contributed by atoms with Gasteiger partial charge in [0.05, 0.1) is 0 Å². The van der Waals surface area contributed by atoms with E-state index in [9.17, 15) is 4.79 Å². The summed E-state index contributed by atoms with van der Waals surface area (Å²) in [6, 6.07) is 6.49. The lowest BCUT2D eigenvalue weighted by Gasteiger charge is -2.24. The molecule has 0 bridgehead atoms. The molecule has 0 saturated heterocycles. The Balaban J connectivity index is 2.29. The van der Waals surface area contributed by atoms with Gasteiger partial charge in [-0.05, 0) is 54.5 Å². The summed E-state index contributed by atoms with van der Waals surface area (Å²) in [6.45, 7) is 8.78. The molecule has 0 heterocycles. The summed E-state index contributed by atoms with van der Waals surface area (Å²) in [5.74, 6) is -0.570. The summed E-state index contributed by atoms with van der Waals surface area (Å²) in [5.41, 5.74) is 15.6. The Morgan fingerprint density at radius 3 is 2.61 bits per heavy atom. The molecule has 1 N–H and O–H groups in total. The summed E-state index contributed by atoms with van der Waals surface area (Å²) >= 11 is 0. The second-order valence-corrected chi connectivity index (χ2v) is 9.28. The minimum Gasteiger partial charge on any atom is -0.267 e. The quantitative estimate of drug-likeness (QED) is 0.757. The number of fused-ring (bicyclic) bond motifs is 1. The standard InChI is InChI=1S/C20H22NOSi/c1-12-10-14-6-5-7-16(17(14)11-12)19-13(2)15(20(21)22)8-9-18(19)23(3)4/h5-8,11,21H,9-10H2,1-4H3. The van der Waals surface area contributed by atoms with Crippen molar-refractivity contribution in [3.8, 4) is 0 Å². The van der Waals surface area contributed by atoms with Crippen LogP contribution in [0.3, 0.4) is 0 Å². The van der Waals surface area contributed by atoms with E-state index in [0.717, 1.165) is 18.4 Å². The Labute approximate surface area is 139 Å². The zero-order valence-electron chi connectivity index (χ0n) is 14.2. The summed E-state index contributed by atoms with van der Waals surface area (Å²) in [5, 5.41) is 1.46. The molecule has 1 radical (unpaired) electrons. The van der Waals surface area contributed by atoms with Crippen molar-refractivity contribution < 1.29 is 4.79 Å². The lowest BCUT2D eigenvalue weighted by atomic mass is 9.84. The van der Waals surface area contributed by atoms with Crippen molar-refractivity contribution in [2.45, 2.75) is 39.8 Å². The largest absolute Gasteiger partial charge is 0.269 e. The van der Waals surface area contributed by atoms with Crippen LogP contribution in [0.15, 0.2) is 41.0 Å². The number of hydrogen-bond acceptors (Lipinski definition) is 1. The van der Waals surface area contributed by atoms with E-state index in [1.54, 1.807) is 0 Å². The van der Waals surface area contributed by atoms with Gasteiger partial charge in [0.15, 0.2) is 0 Å². The van der Waals surface area contributed by atoms with Crippen molar-refractivity contribution >= 4 is 31.1 Å². The Bertz CT molecular complexity index is 833. The number of allylic oxidation sites excluding steroid dienone is 3. The monoisotopic (exact) mass is 320 g/mol. The molecule has 0 spiro atoms. The third kappa shape index (κ3) is 2.70. The topological polar surface area (TPSA) is 40.9 Å². The van der Waals surface area contributed by atoms with Gasteiger partial charge >= 0.3 is 0 Å². The maximum atomic E-state index is 11.7. The van der Waals surface area contributed by atoms with Crippen molar-refractivity contribution in [3.63, 3.8) is 0 Å². The van der Waals surface area contributed by atoms with Crippen molar-refractivity contribution in [1.82, 2.24) is 5.73 Å². The van der Waals surface area contributed by atoms with E-state index >= 15 is 0 Å². The predicted molar refractivity (Wildman–Crippen MR) is 99.7 cm³/mol. The van der Waals surface area contributed by atoms with Gasteiger partial charge < -0.3 is 0 Å². The zero-order valence-corrected chi connectivity index (χ0v) is 15.2. The third-order valence-electron chi connectivity index (χ3n) is 4.77. The molecule has 1 aromatic carbocycles. The third-order valence-corrected chi connectivity index (χ3v) is 6.43. The van der Waals surface area contributed by atoms with Crippen LogP contribution in [0, 0.1) is 0 Å². The van der Waals surface area contributed by atoms with Crippen LogP contribution in [0.2, 0.25) is 13.1 Å². The van der Waals surface area contributed by atoms with Crippen LogP contribution in [0.4, 0.5) is 0 Å². The fraction of sp³-hybridized carbons (Fsp3) is 0.300. The molecule has 3 rings (SSSR count). The first-order valence-electron chi connectivity index (χ1n) is 8.03. The minimum absolute atomic E-state index is 0.570. The molecule has 0 atom stereocenters. The van der Waals surface area contributed by atoms with Crippen molar-refractivity contribution in [1.29, 1.82) is 0 Å². The first-order valence-corrected chi connectivity index (χ1v) is 10.5. The fourth-order valence-corrected chi connectivity index (χ4v) is 4.99. The molecule has 0 aliphatic heterocycles. The Morgan fingerprint density at radius 2 is 1.96 bits per heavy atom. The SMILES string of the molecule is CC1=Cc2c(cccc2C2=C(C)C(C([NH])=O)=CCC2=[Si](C)C)C1. The van der Waals surface area contributed by atoms with Gasteiger partial charge in [-0.2, -0.15) is 0 Å². The second kappa shape index (κ2) is 5.89. The van der Waals surface area contributed by atoms with Crippen molar-refractivity contribution in [2.75, 3.05) is 0 Å². The molecular weight excluding hydrogens is 298 g/mol. The molecule has 0 aromatic heterocycles. The van der Waals surface area contributed by atoms with Crippen LogP contribution < -0.4 is 5.73 Å². The van der Waals surface area contributed by atoms with E-state index in [-0.39, 0.29) is 0 Å². The summed E-state index contributed by atoms with van der Waals surface area (Å²) in [4.78, 5) is 11.7. The molecule has 23 heavy (non-hydrogen) atoms. The first-order chi connectivity index (χ1) is 10.9. The van der Waals surface area contributed by atoms with Crippen LogP contribution >= 0.6 is 0 Å². The molecule has 2 nitrogen and oxygen atoms in total. The van der Waals surface area contributed by atoms with Crippen LogP contribution in [-0.2, 0) is 11.2 Å². The van der Waals surface area contributed by atoms with E-state index in [1.807, 2.05) is 13.0 Å². The first kappa shape index (κ1) is 15.9. The number of amides is 1. The average Bonchev–Trinajstić information content (AvgIpc) is 2.86. The van der Waals surface area contributed by atoms with Crippen molar-refractivity contribution in [2.24, 2.45) is 0 Å². The van der Waals surface area contributed by atoms with Gasteiger partial charge in [-0.1, -0.05) is 54.2 Å². The highest BCUT2D eigenvalue weighted by Gasteiger charge is 2.25. The predicted octanol–water partition coefficient (Wildman–Crippen LogP) is 4.07. The smallest absolute Gasteiger partial charge is 0.267 e. The minimum atomic E-state index is -0.621. The molecule has 0 saturated carbocycles. The number of rotatable bonds is 2. The number of nitrogens with one attached hydrogen (secondary N) is 1. The highest BCUT2D eigenvalue weighted by molar-refractivity contribution is 6.77. The highest BCUT2D eigenvalue weighted by Crippen LogP contribution is 2.37. The maximum Gasteiger partial charge on any atom is 0.269 e. The van der Waals surface area contributed by atoms with Crippen LogP contribution in [0.5, 0.6) is 0 Å². The van der Waals surface area contributed by atoms with Gasteiger partial charge in [0, 0.05) is 14.0 Å². The van der Waals surface area contributed by atoms with Gasteiger partial charge in [-0.25, -0.2) is 0 Å². The average molecular weight is 320 g/mol. The normalized spacial score (nSPS) is 17.0.